The number of hydrogen-bond donors (Lipinski definition) is 1. The van der Waals surface area contributed by atoms with Crippen LogP contribution in [0.5, 0.6) is 0 Å². The number of carbonyl (C=O) groups is 3. The first-order valence-electron chi connectivity index (χ1n) is 9.31. The Morgan fingerprint density at radius 1 is 0.903 bits per heavy atom. The zero-order valence-corrected chi connectivity index (χ0v) is 19.0. The highest BCUT2D eigenvalue weighted by Gasteiger charge is 2.46. The molecule has 156 valence electrons. The number of para-hydroxylation sites is 1. The lowest BCUT2D eigenvalue weighted by atomic mass is 9.84. The highest BCUT2D eigenvalue weighted by atomic mass is 79.9. The van der Waals surface area contributed by atoms with Gasteiger partial charge in [-0.25, -0.2) is 9.69 Å². The number of Topliss-reactive ketones (excluding diaryl/α,β-unsaturated/α-hetero) is 1. The van der Waals surface area contributed by atoms with Crippen molar-refractivity contribution in [3.05, 3.63) is 98.4 Å². The molecule has 3 amide bonds. The topological polar surface area (TPSA) is 66.5 Å². The molecule has 2 unspecified atom stereocenters. The second kappa shape index (κ2) is 8.83. The lowest BCUT2D eigenvalue weighted by Crippen LogP contribution is -2.58. The number of hydrogen-bond acceptors (Lipinski definition) is 3. The highest BCUT2D eigenvalue weighted by Crippen LogP contribution is 2.35. The molecule has 31 heavy (non-hydrogen) atoms. The molecule has 1 saturated heterocycles. The molecule has 3 aromatic carbocycles. The van der Waals surface area contributed by atoms with Crippen LogP contribution in [-0.2, 0) is 4.79 Å². The van der Waals surface area contributed by atoms with Crippen molar-refractivity contribution in [3.63, 3.8) is 0 Å². The fourth-order valence-corrected chi connectivity index (χ4v) is 4.09. The summed E-state index contributed by atoms with van der Waals surface area (Å²) in [7, 11) is 0. The second-order valence-electron chi connectivity index (χ2n) is 6.96. The van der Waals surface area contributed by atoms with Crippen molar-refractivity contribution in [2.75, 3.05) is 4.90 Å². The van der Waals surface area contributed by atoms with E-state index in [1.165, 1.54) is 0 Å². The normalized spacial score (nSPS) is 18.6. The highest BCUT2D eigenvalue weighted by molar-refractivity contribution is 9.10. The Morgan fingerprint density at radius 3 is 2.23 bits per heavy atom. The first-order valence-corrected chi connectivity index (χ1v) is 10.9. The van der Waals surface area contributed by atoms with Crippen molar-refractivity contribution in [2.45, 2.75) is 6.04 Å². The van der Waals surface area contributed by atoms with Gasteiger partial charge >= 0.3 is 6.03 Å². The average Bonchev–Trinajstić information content (AvgIpc) is 2.76. The minimum atomic E-state index is -1.18. The van der Waals surface area contributed by atoms with Crippen LogP contribution in [0, 0.1) is 5.92 Å². The van der Waals surface area contributed by atoms with Crippen molar-refractivity contribution < 1.29 is 14.4 Å². The Kier molecular flexibility index (Phi) is 6.14. The fourth-order valence-electron chi connectivity index (χ4n) is 3.52. The van der Waals surface area contributed by atoms with E-state index in [1.807, 2.05) is 0 Å². The summed E-state index contributed by atoms with van der Waals surface area (Å²) in [6.07, 6.45) is 0. The largest absolute Gasteiger partial charge is 0.329 e. The number of halogens is 3. The first-order chi connectivity index (χ1) is 14.9. The van der Waals surface area contributed by atoms with Crippen LogP contribution in [-0.4, -0.2) is 17.7 Å². The molecule has 1 heterocycles. The van der Waals surface area contributed by atoms with Crippen LogP contribution < -0.4 is 10.2 Å². The number of nitrogens with zero attached hydrogens (tertiary/aromatic N) is 1. The molecule has 1 N–H and O–H groups in total. The van der Waals surface area contributed by atoms with E-state index in [0.717, 1.165) is 9.37 Å². The molecular formula is C23H15BrCl2N2O3. The summed E-state index contributed by atoms with van der Waals surface area (Å²) in [5, 5.41) is 3.40. The number of urea groups is 1. The minimum Gasteiger partial charge on any atom is -0.329 e. The van der Waals surface area contributed by atoms with E-state index in [2.05, 4.69) is 21.2 Å². The molecule has 0 aliphatic carbocycles. The molecule has 1 aliphatic rings. The number of amides is 3. The van der Waals surface area contributed by atoms with E-state index in [1.54, 1.807) is 72.8 Å². The third-order valence-electron chi connectivity index (χ3n) is 5.03. The lowest BCUT2D eigenvalue weighted by Gasteiger charge is -2.37. The standard InChI is InChI=1S/C23H15BrCl2N2O3/c24-15-9-6-13(7-10-15)21(29)19-20(14-8-11-17(25)18(26)12-14)27-23(31)28(22(19)30)16-4-2-1-3-5-16/h1-12,19-20H,(H,27,31). The van der Waals surface area contributed by atoms with Crippen LogP contribution >= 0.6 is 39.1 Å². The zero-order chi connectivity index (χ0) is 22.1. The van der Waals surface area contributed by atoms with E-state index in [-0.39, 0.29) is 5.02 Å². The second-order valence-corrected chi connectivity index (χ2v) is 8.69. The summed E-state index contributed by atoms with van der Waals surface area (Å²) in [5.41, 5.74) is 1.25. The summed E-state index contributed by atoms with van der Waals surface area (Å²) in [6.45, 7) is 0. The SMILES string of the molecule is O=C(c1ccc(Br)cc1)C1C(=O)N(c2ccccc2)C(=O)NC1c1ccc(Cl)c(Cl)c1. The van der Waals surface area contributed by atoms with E-state index < -0.39 is 29.7 Å². The van der Waals surface area contributed by atoms with Crippen molar-refractivity contribution >= 4 is 62.5 Å². The van der Waals surface area contributed by atoms with Gasteiger partial charge in [0.2, 0.25) is 5.91 Å². The van der Waals surface area contributed by atoms with Crippen molar-refractivity contribution in [2.24, 2.45) is 5.92 Å². The third-order valence-corrected chi connectivity index (χ3v) is 6.30. The maximum absolute atomic E-state index is 13.5. The quantitative estimate of drug-likeness (QED) is 0.338. The first kappa shape index (κ1) is 21.6. The average molecular weight is 518 g/mol. The van der Waals surface area contributed by atoms with Crippen LogP contribution in [0.4, 0.5) is 10.5 Å². The third kappa shape index (κ3) is 4.24. The van der Waals surface area contributed by atoms with Gasteiger partial charge in [-0.1, -0.05) is 75.5 Å². The van der Waals surface area contributed by atoms with Crippen LogP contribution in [0.25, 0.3) is 0 Å². The maximum atomic E-state index is 13.5. The summed E-state index contributed by atoms with van der Waals surface area (Å²) in [5.74, 6) is -2.20. The number of imide groups is 1. The van der Waals surface area contributed by atoms with Gasteiger partial charge in [0.05, 0.1) is 21.8 Å². The van der Waals surface area contributed by atoms with Crippen molar-refractivity contribution in [1.82, 2.24) is 5.32 Å². The van der Waals surface area contributed by atoms with Crippen LogP contribution in [0.1, 0.15) is 22.0 Å². The zero-order valence-electron chi connectivity index (χ0n) is 15.9. The van der Waals surface area contributed by atoms with E-state index >= 15 is 0 Å². The number of nitrogens with one attached hydrogen (secondary N) is 1. The van der Waals surface area contributed by atoms with Gasteiger partial charge in [-0.15, -0.1) is 0 Å². The molecule has 1 fully saturated rings. The molecule has 5 nitrogen and oxygen atoms in total. The van der Waals surface area contributed by atoms with Crippen molar-refractivity contribution in [3.8, 4) is 0 Å². The van der Waals surface area contributed by atoms with Gasteiger partial charge in [0.25, 0.3) is 0 Å². The fraction of sp³-hybridized carbons (Fsp3) is 0.0870. The number of benzene rings is 3. The molecule has 0 bridgehead atoms. The van der Waals surface area contributed by atoms with Crippen LogP contribution in [0.3, 0.4) is 0 Å². The summed E-state index contributed by atoms with van der Waals surface area (Å²) < 4.78 is 0.805. The Bertz CT molecular complexity index is 1170. The number of rotatable bonds is 4. The van der Waals surface area contributed by atoms with E-state index in [9.17, 15) is 14.4 Å². The lowest BCUT2D eigenvalue weighted by molar-refractivity contribution is -0.121. The Balaban J connectivity index is 1.81. The molecule has 4 rings (SSSR count). The molecule has 2 atom stereocenters. The smallest absolute Gasteiger partial charge is 0.329 e. The van der Waals surface area contributed by atoms with Gasteiger partial charge in [-0.3, -0.25) is 9.59 Å². The summed E-state index contributed by atoms with van der Waals surface area (Å²) in [6, 6.07) is 18.5. The summed E-state index contributed by atoms with van der Waals surface area (Å²) >= 11 is 15.5. The van der Waals surface area contributed by atoms with Crippen LogP contribution in [0.2, 0.25) is 10.0 Å². The molecule has 8 heteroatoms. The molecular weight excluding hydrogens is 503 g/mol. The van der Waals surface area contributed by atoms with Gasteiger partial charge in [-0.2, -0.15) is 0 Å². The summed E-state index contributed by atoms with van der Waals surface area (Å²) in [4.78, 5) is 40.9. The monoisotopic (exact) mass is 516 g/mol. The Hall–Kier alpha value is -2.67. The van der Waals surface area contributed by atoms with Gasteiger partial charge in [0, 0.05) is 10.0 Å². The number of anilines is 1. The van der Waals surface area contributed by atoms with E-state index in [0.29, 0.717) is 21.8 Å². The molecule has 1 aliphatic heterocycles. The molecule has 0 aromatic heterocycles. The molecule has 0 saturated carbocycles. The van der Waals surface area contributed by atoms with Gasteiger partial charge in [-0.05, 0) is 42.0 Å². The van der Waals surface area contributed by atoms with E-state index in [4.69, 9.17) is 23.2 Å². The van der Waals surface area contributed by atoms with Gasteiger partial charge in [0.1, 0.15) is 5.92 Å². The minimum absolute atomic E-state index is 0.265. The predicted octanol–water partition coefficient (Wildman–Crippen LogP) is 6.05. The van der Waals surface area contributed by atoms with Gasteiger partial charge in [0.15, 0.2) is 5.78 Å². The number of ketones is 1. The number of carbonyl (C=O) groups excluding carboxylic acids is 3. The Labute approximate surface area is 197 Å². The molecule has 0 radical (unpaired) electrons. The molecule has 3 aromatic rings. The van der Waals surface area contributed by atoms with Gasteiger partial charge < -0.3 is 5.32 Å². The maximum Gasteiger partial charge on any atom is 0.329 e. The predicted molar refractivity (Wildman–Crippen MR) is 124 cm³/mol. The van der Waals surface area contributed by atoms with Crippen molar-refractivity contribution in [1.29, 1.82) is 0 Å². The van der Waals surface area contributed by atoms with Crippen LogP contribution in [0.15, 0.2) is 77.3 Å². The molecule has 0 spiro atoms. The Morgan fingerprint density at radius 2 is 1.58 bits per heavy atom.